The SMILES string of the molecule is CCCCCCCCCCCCCCCCCCc1n(CCCCCCCCCCCCCCC)cc[n+]1CCCCCCCCCCC. The van der Waals surface area contributed by atoms with Crippen LogP contribution in [0.1, 0.15) is 271 Å². The molecule has 0 fully saturated rings. The summed E-state index contributed by atoms with van der Waals surface area (Å²) in [5.74, 6) is 1.63. The smallest absolute Gasteiger partial charge is 0.234 e. The molecule has 1 aromatic heterocycles. The fourth-order valence-corrected chi connectivity index (χ4v) is 7.92. The lowest BCUT2D eigenvalue weighted by atomic mass is 10.0. The van der Waals surface area contributed by atoms with E-state index in [0.29, 0.717) is 0 Å². The number of imidazole rings is 1. The fourth-order valence-electron chi connectivity index (χ4n) is 7.92. The van der Waals surface area contributed by atoms with Crippen LogP contribution < -0.4 is 4.57 Å². The van der Waals surface area contributed by atoms with Crippen LogP contribution in [-0.4, -0.2) is 4.57 Å². The Kier molecular flexibility index (Phi) is 36.3. The largest absolute Gasteiger partial charge is 0.256 e. The Morgan fingerprint density at radius 2 is 0.633 bits per heavy atom. The van der Waals surface area contributed by atoms with Gasteiger partial charge in [0.15, 0.2) is 0 Å². The van der Waals surface area contributed by atoms with E-state index >= 15 is 0 Å². The van der Waals surface area contributed by atoms with E-state index in [-0.39, 0.29) is 0 Å². The topological polar surface area (TPSA) is 8.81 Å². The zero-order valence-electron chi connectivity index (χ0n) is 34.5. The molecule has 0 aliphatic carbocycles. The van der Waals surface area contributed by atoms with Gasteiger partial charge in [-0.25, -0.2) is 9.13 Å². The summed E-state index contributed by atoms with van der Waals surface area (Å²) in [4.78, 5) is 0. The highest BCUT2D eigenvalue weighted by molar-refractivity contribution is 4.84. The second kappa shape index (κ2) is 38.4. The third-order valence-corrected chi connectivity index (χ3v) is 11.3. The van der Waals surface area contributed by atoms with Crippen molar-refractivity contribution in [2.24, 2.45) is 0 Å². The number of rotatable bonds is 41. The van der Waals surface area contributed by atoms with Crippen molar-refractivity contribution in [1.82, 2.24) is 4.57 Å². The third-order valence-electron chi connectivity index (χ3n) is 11.3. The molecule has 0 N–H and O–H groups in total. The van der Waals surface area contributed by atoms with Gasteiger partial charge in [0.2, 0.25) is 0 Å². The first-order valence-electron chi connectivity index (χ1n) is 23.4. The van der Waals surface area contributed by atoms with Crippen LogP contribution in [0.2, 0.25) is 0 Å². The Hall–Kier alpha value is -0.790. The predicted molar refractivity (Wildman–Crippen MR) is 221 cm³/mol. The van der Waals surface area contributed by atoms with Crippen molar-refractivity contribution in [1.29, 1.82) is 0 Å². The first-order chi connectivity index (χ1) is 24.3. The first-order valence-corrected chi connectivity index (χ1v) is 23.4. The van der Waals surface area contributed by atoms with Gasteiger partial charge in [-0.15, -0.1) is 0 Å². The number of unbranched alkanes of at least 4 members (excludes halogenated alkanes) is 35. The lowest BCUT2D eigenvalue weighted by molar-refractivity contribution is -0.704. The highest BCUT2D eigenvalue weighted by Gasteiger charge is 2.16. The molecule has 0 radical (unpaired) electrons. The molecule has 0 unspecified atom stereocenters. The zero-order chi connectivity index (χ0) is 35.1. The van der Waals surface area contributed by atoms with Gasteiger partial charge < -0.3 is 0 Å². The van der Waals surface area contributed by atoms with Gasteiger partial charge in [-0.3, -0.25) is 0 Å². The average molecular weight is 686 g/mol. The summed E-state index contributed by atoms with van der Waals surface area (Å²) in [6.07, 6.45) is 60.8. The Balaban J connectivity index is 2.24. The summed E-state index contributed by atoms with van der Waals surface area (Å²) in [5, 5.41) is 0. The minimum absolute atomic E-state index is 1.23. The van der Waals surface area contributed by atoms with E-state index in [9.17, 15) is 0 Å². The van der Waals surface area contributed by atoms with Gasteiger partial charge in [0, 0.05) is 6.42 Å². The molecule has 0 aromatic carbocycles. The average Bonchev–Trinajstić information content (AvgIpc) is 3.50. The quantitative estimate of drug-likeness (QED) is 0.0479. The molecule has 2 heteroatoms. The fraction of sp³-hybridized carbons (Fsp3) is 0.936. The van der Waals surface area contributed by atoms with Crippen LogP contribution in [0.3, 0.4) is 0 Å². The van der Waals surface area contributed by atoms with E-state index in [4.69, 9.17) is 0 Å². The monoisotopic (exact) mass is 686 g/mol. The van der Waals surface area contributed by atoms with E-state index < -0.39 is 0 Å². The summed E-state index contributed by atoms with van der Waals surface area (Å²) >= 11 is 0. The minimum Gasteiger partial charge on any atom is -0.234 e. The summed E-state index contributed by atoms with van der Waals surface area (Å²) in [6, 6.07) is 0. The molecular formula is C47H93N2+. The van der Waals surface area contributed by atoms with Crippen LogP contribution >= 0.6 is 0 Å². The van der Waals surface area contributed by atoms with Crippen molar-refractivity contribution in [3.63, 3.8) is 0 Å². The van der Waals surface area contributed by atoms with Crippen molar-refractivity contribution < 1.29 is 4.57 Å². The molecule has 290 valence electrons. The summed E-state index contributed by atoms with van der Waals surface area (Å²) in [7, 11) is 0. The second-order valence-electron chi connectivity index (χ2n) is 16.2. The van der Waals surface area contributed by atoms with E-state index in [2.05, 4.69) is 42.3 Å². The van der Waals surface area contributed by atoms with Crippen LogP contribution in [0.25, 0.3) is 0 Å². The van der Waals surface area contributed by atoms with Crippen LogP contribution in [0.5, 0.6) is 0 Å². The Bertz CT molecular complexity index is 751. The van der Waals surface area contributed by atoms with Crippen LogP contribution in [0.15, 0.2) is 12.4 Å². The lowest BCUT2D eigenvalue weighted by Gasteiger charge is -2.07. The van der Waals surface area contributed by atoms with Crippen LogP contribution in [0.4, 0.5) is 0 Å². The first kappa shape index (κ1) is 46.2. The molecule has 0 aliphatic heterocycles. The number of hydrogen-bond acceptors (Lipinski definition) is 0. The van der Waals surface area contributed by atoms with E-state index in [1.165, 1.54) is 264 Å². The molecule has 49 heavy (non-hydrogen) atoms. The minimum atomic E-state index is 1.23. The number of aromatic nitrogens is 2. The van der Waals surface area contributed by atoms with Crippen LogP contribution in [-0.2, 0) is 19.5 Å². The molecule has 0 atom stereocenters. The second-order valence-corrected chi connectivity index (χ2v) is 16.2. The van der Waals surface area contributed by atoms with Gasteiger partial charge in [0.05, 0.1) is 13.1 Å². The maximum Gasteiger partial charge on any atom is 0.256 e. The molecule has 1 rings (SSSR count). The van der Waals surface area contributed by atoms with Crippen molar-refractivity contribution in [2.75, 3.05) is 0 Å². The van der Waals surface area contributed by atoms with Gasteiger partial charge in [-0.1, -0.05) is 233 Å². The molecule has 1 heterocycles. The standard InChI is InChI=1S/C47H93N2/c1-4-7-10-13-16-19-21-23-24-25-26-28-30-33-36-39-42-47-48(43-40-37-34-31-18-15-12-9-6-3)45-46-49(47)44-41-38-35-32-29-27-22-20-17-14-11-8-5-2/h45-46H,4-44H2,1-3H3/q+1. The van der Waals surface area contributed by atoms with E-state index in [1.54, 1.807) is 5.82 Å². The van der Waals surface area contributed by atoms with Crippen LogP contribution in [0, 0.1) is 0 Å². The third kappa shape index (κ3) is 30.5. The maximum atomic E-state index is 2.65. The number of nitrogens with zero attached hydrogens (tertiary/aromatic N) is 2. The zero-order valence-corrected chi connectivity index (χ0v) is 34.5. The molecule has 0 saturated carbocycles. The van der Waals surface area contributed by atoms with Crippen molar-refractivity contribution in [3.05, 3.63) is 18.2 Å². The normalized spacial score (nSPS) is 11.7. The highest BCUT2D eigenvalue weighted by Crippen LogP contribution is 2.16. The molecule has 1 aromatic rings. The van der Waals surface area contributed by atoms with E-state index in [0.717, 1.165) is 0 Å². The predicted octanol–water partition coefficient (Wildman–Crippen LogP) is 16.2. The Morgan fingerprint density at radius 1 is 0.347 bits per heavy atom. The van der Waals surface area contributed by atoms with Crippen molar-refractivity contribution >= 4 is 0 Å². The summed E-state index contributed by atoms with van der Waals surface area (Å²) < 4.78 is 5.30. The van der Waals surface area contributed by atoms with Gasteiger partial charge in [0.25, 0.3) is 5.82 Å². The van der Waals surface area contributed by atoms with Crippen molar-refractivity contribution in [2.45, 2.75) is 284 Å². The van der Waals surface area contributed by atoms with Gasteiger partial charge >= 0.3 is 0 Å². The molecule has 0 saturated heterocycles. The molecule has 0 aliphatic rings. The number of aryl methyl sites for hydroxylation is 2. The molecule has 2 nitrogen and oxygen atoms in total. The van der Waals surface area contributed by atoms with Gasteiger partial charge in [-0.2, -0.15) is 0 Å². The maximum absolute atomic E-state index is 2.65. The van der Waals surface area contributed by atoms with Gasteiger partial charge in [0.1, 0.15) is 12.4 Å². The molecular weight excluding hydrogens is 593 g/mol. The Labute approximate surface area is 310 Å². The molecule has 0 spiro atoms. The summed E-state index contributed by atoms with van der Waals surface area (Å²) in [5.41, 5.74) is 0. The molecule has 0 amide bonds. The van der Waals surface area contributed by atoms with E-state index in [1.807, 2.05) is 0 Å². The highest BCUT2D eigenvalue weighted by atomic mass is 15.1. The van der Waals surface area contributed by atoms with Gasteiger partial charge in [-0.05, 0) is 32.1 Å². The summed E-state index contributed by atoms with van der Waals surface area (Å²) in [6.45, 7) is 9.41. The Morgan fingerprint density at radius 3 is 0.980 bits per heavy atom. The lowest BCUT2D eigenvalue weighted by Crippen LogP contribution is -2.37. The number of hydrogen-bond donors (Lipinski definition) is 0. The molecule has 0 bridgehead atoms. The van der Waals surface area contributed by atoms with Crippen molar-refractivity contribution in [3.8, 4) is 0 Å².